The van der Waals surface area contributed by atoms with Gasteiger partial charge in [-0.25, -0.2) is 0 Å². The van der Waals surface area contributed by atoms with Crippen LogP contribution in [0.1, 0.15) is 32.2 Å². The van der Waals surface area contributed by atoms with Crippen LogP contribution < -0.4 is 4.90 Å². The number of carbonyl (C=O) groups is 2. The first-order valence-electron chi connectivity index (χ1n) is 6.25. The maximum absolute atomic E-state index is 11.9. The normalized spacial score (nSPS) is 19.5. The van der Waals surface area contributed by atoms with Gasteiger partial charge in [-0.05, 0) is 5.92 Å². The molecule has 1 aromatic heterocycles. The maximum atomic E-state index is 11.9. The number of aromatic nitrogens is 2. The third-order valence-corrected chi connectivity index (χ3v) is 4.64. The highest BCUT2D eigenvalue weighted by atomic mass is 32.2. The molecule has 0 aliphatic carbocycles. The molecule has 1 amide bonds. The first-order valence-corrected chi connectivity index (χ1v) is 7.95. The number of hydrogen-bond acceptors (Lipinski definition) is 6. The lowest BCUT2D eigenvalue weighted by atomic mass is 10.1. The van der Waals surface area contributed by atoms with Gasteiger partial charge in [0, 0.05) is 31.6 Å². The van der Waals surface area contributed by atoms with Gasteiger partial charge in [0.2, 0.25) is 11.0 Å². The Kier molecular flexibility index (Phi) is 4.57. The van der Waals surface area contributed by atoms with Crippen molar-refractivity contribution in [1.82, 2.24) is 10.2 Å². The van der Waals surface area contributed by atoms with Crippen LogP contribution in [0.3, 0.4) is 0 Å². The smallest absolute Gasteiger partial charge is 0.230 e. The maximum Gasteiger partial charge on any atom is 0.230 e. The van der Waals surface area contributed by atoms with Crippen LogP contribution in [-0.4, -0.2) is 33.0 Å². The molecule has 1 aliphatic rings. The molecular formula is C12H17N3O2S2. The summed E-state index contributed by atoms with van der Waals surface area (Å²) in [4.78, 5) is 24.7. The fourth-order valence-electron chi connectivity index (χ4n) is 1.96. The van der Waals surface area contributed by atoms with E-state index < -0.39 is 0 Å². The molecule has 0 bridgehead atoms. The fourth-order valence-corrected chi connectivity index (χ4v) is 3.96. The number of hydrogen-bond donors (Lipinski definition) is 0. The quantitative estimate of drug-likeness (QED) is 0.852. The molecule has 19 heavy (non-hydrogen) atoms. The Balaban J connectivity index is 2.03. The molecule has 2 heterocycles. The Morgan fingerprint density at radius 3 is 2.89 bits per heavy atom. The van der Waals surface area contributed by atoms with Crippen molar-refractivity contribution in [3.05, 3.63) is 5.01 Å². The average molecular weight is 299 g/mol. The second kappa shape index (κ2) is 6.00. The van der Waals surface area contributed by atoms with Crippen LogP contribution in [-0.2, 0) is 16.0 Å². The summed E-state index contributed by atoms with van der Waals surface area (Å²) in [6.07, 6.45) is 1.29. The van der Waals surface area contributed by atoms with E-state index in [2.05, 4.69) is 24.0 Å². The molecule has 1 aromatic rings. The summed E-state index contributed by atoms with van der Waals surface area (Å²) in [6.45, 7) is 6.34. The standard InChI is InChI=1S/C12H17N3O2S2/c1-7(2)4-10-13-14-12(19-10)15-6-9(5-11(15)17)18-8(3)16/h7,9H,4-6H2,1-3H3. The molecule has 0 saturated carbocycles. The van der Waals surface area contributed by atoms with Gasteiger partial charge in [-0.2, -0.15) is 0 Å². The minimum Gasteiger partial charge on any atom is -0.288 e. The summed E-state index contributed by atoms with van der Waals surface area (Å²) in [7, 11) is 0. The van der Waals surface area contributed by atoms with E-state index in [1.165, 1.54) is 30.0 Å². The lowest BCUT2D eigenvalue weighted by molar-refractivity contribution is -0.117. The van der Waals surface area contributed by atoms with E-state index in [0.717, 1.165) is 11.4 Å². The van der Waals surface area contributed by atoms with Gasteiger partial charge in [0.05, 0.1) is 0 Å². The van der Waals surface area contributed by atoms with Crippen LogP contribution in [0, 0.1) is 5.92 Å². The number of carbonyl (C=O) groups excluding carboxylic acids is 2. The minimum atomic E-state index is 0.0333. The molecule has 5 nitrogen and oxygen atoms in total. The highest BCUT2D eigenvalue weighted by Gasteiger charge is 2.33. The number of amides is 1. The zero-order valence-electron chi connectivity index (χ0n) is 11.3. The molecule has 1 atom stereocenters. The first kappa shape index (κ1) is 14.5. The molecule has 0 radical (unpaired) electrons. The van der Waals surface area contributed by atoms with Crippen molar-refractivity contribution < 1.29 is 9.59 Å². The first-order chi connectivity index (χ1) is 8.95. The van der Waals surface area contributed by atoms with Gasteiger partial charge >= 0.3 is 0 Å². The van der Waals surface area contributed by atoms with E-state index in [1.54, 1.807) is 4.90 Å². The van der Waals surface area contributed by atoms with Crippen molar-refractivity contribution in [3.8, 4) is 0 Å². The van der Waals surface area contributed by atoms with E-state index in [1.807, 2.05) is 0 Å². The molecule has 0 spiro atoms. The van der Waals surface area contributed by atoms with E-state index in [9.17, 15) is 9.59 Å². The van der Waals surface area contributed by atoms with Gasteiger partial charge in [-0.3, -0.25) is 14.5 Å². The van der Waals surface area contributed by atoms with Crippen LogP contribution in [0.25, 0.3) is 0 Å². The third-order valence-electron chi connectivity index (χ3n) is 2.69. The van der Waals surface area contributed by atoms with Crippen molar-refractivity contribution in [1.29, 1.82) is 0 Å². The van der Waals surface area contributed by atoms with Gasteiger partial charge in [0.25, 0.3) is 0 Å². The largest absolute Gasteiger partial charge is 0.288 e. The van der Waals surface area contributed by atoms with Crippen LogP contribution in [0.4, 0.5) is 5.13 Å². The van der Waals surface area contributed by atoms with Crippen molar-refractivity contribution in [2.24, 2.45) is 5.92 Å². The number of thioether (sulfide) groups is 1. The zero-order chi connectivity index (χ0) is 14.0. The summed E-state index contributed by atoms with van der Waals surface area (Å²) >= 11 is 2.71. The molecule has 1 fully saturated rings. The van der Waals surface area contributed by atoms with Crippen molar-refractivity contribution in [2.75, 3.05) is 11.4 Å². The number of nitrogens with zero attached hydrogens (tertiary/aromatic N) is 3. The van der Waals surface area contributed by atoms with Crippen LogP contribution in [0.2, 0.25) is 0 Å². The van der Waals surface area contributed by atoms with Crippen molar-refractivity contribution in [2.45, 2.75) is 38.9 Å². The van der Waals surface area contributed by atoms with E-state index in [4.69, 9.17) is 0 Å². The molecule has 2 rings (SSSR count). The lowest BCUT2D eigenvalue weighted by Gasteiger charge is -2.11. The minimum absolute atomic E-state index is 0.0333. The summed E-state index contributed by atoms with van der Waals surface area (Å²) < 4.78 is 0. The Bertz CT molecular complexity index is 487. The summed E-state index contributed by atoms with van der Waals surface area (Å²) in [5.74, 6) is 0.557. The molecule has 1 saturated heterocycles. The van der Waals surface area contributed by atoms with E-state index >= 15 is 0 Å². The van der Waals surface area contributed by atoms with Crippen molar-refractivity contribution >= 4 is 39.3 Å². The zero-order valence-corrected chi connectivity index (χ0v) is 12.9. The Labute approximate surface area is 120 Å². The van der Waals surface area contributed by atoms with E-state index in [0.29, 0.717) is 24.0 Å². The molecule has 0 aromatic carbocycles. The summed E-state index contributed by atoms with van der Waals surface area (Å²) in [5, 5.41) is 9.93. The van der Waals surface area contributed by atoms with Crippen LogP contribution in [0.15, 0.2) is 0 Å². The molecule has 1 unspecified atom stereocenters. The summed E-state index contributed by atoms with van der Waals surface area (Å²) in [6, 6.07) is 0. The monoisotopic (exact) mass is 299 g/mol. The molecule has 1 aliphatic heterocycles. The SMILES string of the molecule is CC(=O)SC1CC(=O)N(c2nnc(CC(C)C)s2)C1. The average Bonchev–Trinajstić information content (AvgIpc) is 2.83. The fraction of sp³-hybridized carbons (Fsp3) is 0.667. The van der Waals surface area contributed by atoms with Crippen molar-refractivity contribution in [3.63, 3.8) is 0 Å². The van der Waals surface area contributed by atoms with E-state index in [-0.39, 0.29) is 16.3 Å². The van der Waals surface area contributed by atoms with Gasteiger partial charge in [-0.1, -0.05) is 36.9 Å². The third kappa shape index (κ3) is 3.76. The van der Waals surface area contributed by atoms with Gasteiger partial charge in [-0.15, -0.1) is 10.2 Å². The van der Waals surface area contributed by atoms with Gasteiger partial charge in [0.1, 0.15) is 5.01 Å². The molecular weight excluding hydrogens is 282 g/mol. The lowest BCUT2D eigenvalue weighted by Crippen LogP contribution is -2.24. The molecule has 104 valence electrons. The predicted octanol–water partition coefficient (Wildman–Crippen LogP) is 2.12. The number of rotatable bonds is 4. The van der Waals surface area contributed by atoms with Crippen LogP contribution >= 0.6 is 23.1 Å². The highest BCUT2D eigenvalue weighted by molar-refractivity contribution is 8.14. The summed E-state index contributed by atoms with van der Waals surface area (Å²) in [5.41, 5.74) is 0. The topological polar surface area (TPSA) is 63.2 Å². The van der Waals surface area contributed by atoms with Crippen LogP contribution in [0.5, 0.6) is 0 Å². The molecule has 7 heteroatoms. The Morgan fingerprint density at radius 1 is 1.53 bits per heavy atom. The Morgan fingerprint density at radius 2 is 2.26 bits per heavy atom. The second-order valence-corrected chi connectivity index (χ2v) is 7.53. The predicted molar refractivity (Wildman–Crippen MR) is 77.5 cm³/mol. The van der Waals surface area contributed by atoms with Gasteiger partial charge in [0.15, 0.2) is 5.12 Å². The second-order valence-electron chi connectivity index (χ2n) is 5.02. The van der Waals surface area contributed by atoms with Gasteiger partial charge < -0.3 is 0 Å². The Hall–Kier alpha value is -0.950. The number of anilines is 1. The molecule has 0 N–H and O–H groups in total. The highest BCUT2D eigenvalue weighted by Crippen LogP contribution is 2.30.